The highest BCUT2D eigenvalue weighted by Crippen LogP contribution is 2.46. The molecule has 1 fully saturated rings. The standard InChI is InChI=1S/C16H24N2O2/c1-19-14-4-2-5-15-16(14)13-6-9-18(8-3-7-17)10-12(13)11-20-15/h2,4-5,12-13H,3,6-11,17H2,1H3/t12-,13+/m0/s1. The lowest BCUT2D eigenvalue weighted by Crippen LogP contribution is -2.44. The zero-order valence-electron chi connectivity index (χ0n) is 12.2. The van der Waals surface area contributed by atoms with Crippen LogP contribution in [0, 0.1) is 5.92 Å². The van der Waals surface area contributed by atoms with Gasteiger partial charge in [-0.15, -0.1) is 0 Å². The summed E-state index contributed by atoms with van der Waals surface area (Å²) in [5.74, 6) is 3.14. The van der Waals surface area contributed by atoms with Crippen LogP contribution in [0.3, 0.4) is 0 Å². The van der Waals surface area contributed by atoms with E-state index in [1.807, 2.05) is 12.1 Å². The maximum atomic E-state index is 5.96. The summed E-state index contributed by atoms with van der Waals surface area (Å²) >= 11 is 0. The topological polar surface area (TPSA) is 47.7 Å². The average molecular weight is 276 g/mol. The zero-order valence-corrected chi connectivity index (χ0v) is 12.2. The summed E-state index contributed by atoms with van der Waals surface area (Å²) in [7, 11) is 1.75. The quantitative estimate of drug-likeness (QED) is 0.911. The van der Waals surface area contributed by atoms with Gasteiger partial charge in [0.2, 0.25) is 0 Å². The molecule has 0 radical (unpaired) electrons. The van der Waals surface area contributed by atoms with Crippen LogP contribution >= 0.6 is 0 Å². The molecule has 4 nitrogen and oxygen atoms in total. The average Bonchev–Trinajstić information content (AvgIpc) is 2.51. The van der Waals surface area contributed by atoms with Gasteiger partial charge in [0, 0.05) is 18.0 Å². The number of hydrogen-bond donors (Lipinski definition) is 1. The SMILES string of the molecule is COc1cccc2c1[C@@H]1CCN(CCCN)C[C@H]1CO2. The second-order valence-corrected chi connectivity index (χ2v) is 5.78. The molecule has 0 aliphatic carbocycles. The second-order valence-electron chi connectivity index (χ2n) is 5.78. The first-order valence-corrected chi connectivity index (χ1v) is 7.55. The van der Waals surface area contributed by atoms with Crippen LogP contribution in [-0.4, -0.2) is 44.8 Å². The molecule has 1 aromatic rings. The molecule has 2 heterocycles. The smallest absolute Gasteiger partial charge is 0.126 e. The molecule has 20 heavy (non-hydrogen) atoms. The lowest BCUT2D eigenvalue weighted by molar-refractivity contribution is 0.0912. The van der Waals surface area contributed by atoms with Crippen molar-refractivity contribution in [3.63, 3.8) is 0 Å². The third-order valence-corrected chi connectivity index (χ3v) is 4.57. The molecule has 3 rings (SSSR count). The van der Waals surface area contributed by atoms with E-state index in [4.69, 9.17) is 15.2 Å². The Bertz CT molecular complexity index is 450. The fourth-order valence-corrected chi connectivity index (χ4v) is 3.56. The Morgan fingerprint density at radius 3 is 3.15 bits per heavy atom. The number of benzene rings is 1. The van der Waals surface area contributed by atoms with Gasteiger partial charge in [0.05, 0.1) is 13.7 Å². The van der Waals surface area contributed by atoms with Crippen LogP contribution in [0.25, 0.3) is 0 Å². The number of hydrogen-bond acceptors (Lipinski definition) is 4. The summed E-state index contributed by atoms with van der Waals surface area (Å²) < 4.78 is 11.5. The fraction of sp³-hybridized carbons (Fsp3) is 0.625. The monoisotopic (exact) mass is 276 g/mol. The van der Waals surface area contributed by atoms with Crippen molar-refractivity contribution in [1.82, 2.24) is 4.90 Å². The van der Waals surface area contributed by atoms with Gasteiger partial charge in [0.25, 0.3) is 0 Å². The Balaban J connectivity index is 1.78. The molecule has 4 heteroatoms. The van der Waals surface area contributed by atoms with Crippen LogP contribution < -0.4 is 15.2 Å². The number of nitrogens with two attached hydrogens (primary N) is 1. The number of rotatable bonds is 4. The van der Waals surface area contributed by atoms with E-state index in [0.29, 0.717) is 11.8 Å². The highest BCUT2D eigenvalue weighted by molar-refractivity contribution is 5.49. The molecule has 1 aromatic carbocycles. The van der Waals surface area contributed by atoms with Gasteiger partial charge >= 0.3 is 0 Å². The van der Waals surface area contributed by atoms with Gasteiger partial charge < -0.3 is 20.1 Å². The number of methoxy groups -OCH3 is 1. The lowest BCUT2D eigenvalue weighted by atomic mass is 9.78. The van der Waals surface area contributed by atoms with Crippen molar-refractivity contribution in [2.75, 3.05) is 39.9 Å². The van der Waals surface area contributed by atoms with E-state index >= 15 is 0 Å². The van der Waals surface area contributed by atoms with E-state index in [9.17, 15) is 0 Å². The van der Waals surface area contributed by atoms with Gasteiger partial charge in [-0.3, -0.25) is 0 Å². The Hall–Kier alpha value is -1.26. The van der Waals surface area contributed by atoms with Gasteiger partial charge in [-0.05, 0) is 50.5 Å². The van der Waals surface area contributed by atoms with Gasteiger partial charge in [-0.1, -0.05) is 6.07 Å². The van der Waals surface area contributed by atoms with Crippen molar-refractivity contribution in [2.24, 2.45) is 11.7 Å². The zero-order chi connectivity index (χ0) is 13.9. The van der Waals surface area contributed by atoms with Crippen LogP contribution in [0.15, 0.2) is 18.2 Å². The first kappa shape index (κ1) is 13.7. The molecule has 0 saturated carbocycles. The number of piperidine rings is 1. The highest BCUT2D eigenvalue weighted by atomic mass is 16.5. The van der Waals surface area contributed by atoms with Crippen LogP contribution in [-0.2, 0) is 0 Å². The number of ether oxygens (including phenoxy) is 2. The molecule has 1 saturated heterocycles. The van der Waals surface area contributed by atoms with Crippen molar-refractivity contribution in [2.45, 2.75) is 18.8 Å². The first-order chi connectivity index (χ1) is 9.83. The van der Waals surface area contributed by atoms with Crippen molar-refractivity contribution in [1.29, 1.82) is 0 Å². The minimum absolute atomic E-state index is 0.573. The van der Waals surface area contributed by atoms with Gasteiger partial charge in [-0.25, -0.2) is 0 Å². The summed E-state index contributed by atoms with van der Waals surface area (Å²) in [5.41, 5.74) is 6.89. The maximum Gasteiger partial charge on any atom is 0.126 e. The van der Waals surface area contributed by atoms with E-state index in [1.165, 1.54) is 12.0 Å². The molecule has 2 N–H and O–H groups in total. The molecule has 0 unspecified atom stereocenters. The van der Waals surface area contributed by atoms with Gasteiger partial charge in [0.1, 0.15) is 11.5 Å². The van der Waals surface area contributed by atoms with Crippen LogP contribution in [0.1, 0.15) is 24.3 Å². The van der Waals surface area contributed by atoms with E-state index in [-0.39, 0.29) is 0 Å². The summed E-state index contributed by atoms with van der Waals surface area (Å²) in [6, 6.07) is 6.12. The Morgan fingerprint density at radius 2 is 2.35 bits per heavy atom. The molecule has 0 spiro atoms. The minimum Gasteiger partial charge on any atom is -0.496 e. The largest absolute Gasteiger partial charge is 0.496 e. The normalized spacial score (nSPS) is 25.5. The van der Waals surface area contributed by atoms with Crippen molar-refractivity contribution < 1.29 is 9.47 Å². The van der Waals surface area contributed by atoms with Crippen LogP contribution in [0.5, 0.6) is 11.5 Å². The molecule has 2 aliphatic rings. The highest BCUT2D eigenvalue weighted by Gasteiger charge is 2.37. The van der Waals surface area contributed by atoms with E-state index < -0.39 is 0 Å². The molecular weight excluding hydrogens is 252 g/mol. The number of likely N-dealkylation sites (tertiary alicyclic amines) is 1. The van der Waals surface area contributed by atoms with Crippen molar-refractivity contribution in [3.05, 3.63) is 23.8 Å². The van der Waals surface area contributed by atoms with Crippen molar-refractivity contribution in [3.8, 4) is 11.5 Å². The van der Waals surface area contributed by atoms with Crippen LogP contribution in [0.2, 0.25) is 0 Å². The second kappa shape index (κ2) is 6.02. The Morgan fingerprint density at radius 1 is 1.45 bits per heavy atom. The Kier molecular flexibility index (Phi) is 4.13. The predicted octanol–water partition coefficient (Wildman–Crippen LogP) is 1.84. The van der Waals surface area contributed by atoms with E-state index in [0.717, 1.165) is 50.7 Å². The van der Waals surface area contributed by atoms with Crippen LogP contribution in [0.4, 0.5) is 0 Å². The van der Waals surface area contributed by atoms with Gasteiger partial charge in [-0.2, -0.15) is 0 Å². The summed E-state index contributed by atoms with van der Waals surface area (Å²) in [4.78, 5) is 2.53. The van der Waals surface area contributed by atoms with E-state index in [2.05, 4.69) is 11.0 Å². The summed E-state index contributed by atoms with van der Waals surface area (Å²) in [5, 5.41) is 0. The molecule has 0 amide bonds. The van der Waals surface area contributed by atoms with Gasteiger partial charge in [0.15, 0.2) is 0 Å². The predicted molar refractivity (Wildman–Crippen MR) is 79.4 cm³/mol. The molecule has 2 aliphatic heterocycles. The summed E-state index contributed by atoms with van der Waals surface area (Å²) in [6.45, 7) is 4.97. The first-order valence-electron chi connectivity index (χ1n) is 7.55. The minimum atomic E-state index is 0.573. The number of nitrogens with zero attached hydrogens (tertiary/aromatic N) is 1. The van der Waals surface area contributed by atoms with Crippen molar-refractivity contribution >= 4 is 0 Å². The number of fused-ring (bicyclic) bond motifs is 3. The lowest BCUT2D eigenvalue weighted by Gasteiger charge is -2.42. The third-order valence-electron chi connectivity index (χ3n) is 4.57. The molecule has 110 valence electrons. The summed E-state index contributed by atoms with van der Waals surface area (Å²) in [6.07, 6.45) is 2.27. The third kappa shape index (κ3) is 2.50. The Labute approximate surface area is 120 Å². The fourth-order valence-electron chi connectivity index (χ4n) is 3.56. The maximum absolute atomic E-state index is 5.96. The molecular formula is C16H24N2O2. The molecule has 0 bridgehead atoms. The van der Waals surface area contributed by atoms with E-state index in [1.54, 1.807) is 7.11 Å². The molecule has 0 aromatic heterocycles. The molecule has 2 atom stereocenters.